The molecule has 1 fully saturated rings. The van der Waals surface area contributed by atoms with E-state index in [0.717, 1.165) is 6.20 Å². The van der Waals surface area contributed by atoms with E-state index in [4.69, 9.17) is 0 Å². The van der Waals surface area contributed by atoms with Crippen LogP contribution in [0.4, 0.5) is 23.2 Å². The Hall–Kier alpha value is -2.85. The van der Waals surface area contributed by atoms with Crippen LogP contribution in [-0.4, -0.2) is 25.5 Å². The lowest BCUT2D eigenvalue weighted by molar-refractivity contribution is -0.384. The summed E-state index contributed by atoms with van der Waals surface area (Å²) in [5, 5.41) is 15.2. The van der Waals surface area contributed by atoms with E-state index in [1.54, 1.807) is 0 Å². The van der Waals surface area contributed by atoms with Crippen molar-refractivity contribution in [1.82, 2.24) is 14.8 Å². The van der Waals surface area contributed by atoms with Crippen molar-refractivity contribution in [2.24, 2.45) is 0 Å². The highest BCUT2D eigenvalue weighted by Crippen LogP contribution is 2.35. The highest BCUT2D eigenvalue weighted by atomic mass is 19.4. The lowest BCUT2D eigenvalue weighted by atomic mass is 9.95. The molecule has 2 aromatic heterocycles. The molecule has 0 radical (unpaired) electrons. The predicted octanol–water partition coefficient (Wildman–Crippen LogP) is 3.70. The topological polar surface area (TPSA) is 90.9 Å². The number of hydrogen-bond acceptors (Lipinski definition) is 5. The Labute approximate surface area is 143 Å². The first kappa shape index (κ1) is 18.0. The van der Waals surface area contributed by atoms with Crippen molar-refractivity contribution in [3.63, 3.8) is 0 Å². The molecule has 138 valence electrons. The van der Waals surface area contributed by atoms with Crippen LogP contribution < -0.4 is 0 Å². The second-order valence-electron chi connectivity index (χ2n) is 5.89. The Bertz CT molecular complexity index is 868. The molecule has 0 bridgehead atoms. The van der Waals surface area contributed by atoms with Gasteiger partial charge >= 0.3 is 11.9 Å². The molecule has 1 saturated carbocycles. The number of ketones is 1. The van der Waals surface area contributed by atoms with Crippen LogP contribution >= 0.6 is 0 Å². The van der Waals surface area contributed by atoms with Gasteiger partial charge in [-0.15, -0.1) is 0 Å². The summed E-state index contributed by atoms with van der Waals surface area (Å²) in [5.74, 6) is -1.08. The first-order chi connectivity index (χ1) is 12.2. The van der Waals surface area contributed by atoms with Gasteiger partial charge in [-0.05, 0) is 25.0 Å². The van der Waals surface area contributed by atoms with E-state index in [2.05, 4.69) is 10.1 Å². The third kappa shape index (κ3) is 3.41. The van der Waals surface area contributed by atoms with Crippen LogP contribution in [0.25, 0.3) is 11.4 Å². The van der Waals surface area contributed by atoms with Crippen molar-refractivity contribution < 1.29 is 27.3 Å². The molecule has 0 unspecified atom stereocenters. The molecule has 3 rings (SSSR count). The largest absolute Gasteiger partial charge is 0.433 e. The number of carbonyl (C=O) groups excluding carboxylic acids is 1. The fourth-order valence-corrected chi connectivity index (χ4v) is 2.83. The smallest absolute Gasteiger partial charge is 0.300 e. The van der Waals surface area contributed by atoms with Gasteiger partial charge in [0.1, 0.15) is 23.4 Å². The molecule has 0 amide bonds. The zero-order chi connectivity index (χ0) is 19.1. The van der Waals surface area contributed by atoms with Gasteiger partial charge in [0.05, 0.1) is 11.0 Å². The number of rotatable bonds is 3. The van der Waals surface area contributed by atoms with Gasteiger partial charge in [0, 0.05) is 12.8 Å². The van der Waals surface area contributed by atoms with Gasteiger partial charge in [-0.25, -0.2) is 9.37 Å². The van der Waals surface area contributed by atoms with Crippen LogP contribution in [0.1, 0.15) is 37.4 Å². The molecule has 2 aromatic rings. The number of pyridine rings is 1. The summed E-state index contributed by atoms with van der Waals surface area (Å²) in [7, 11) is 0. The molecule has 2 heterocycles. The van der Waals surface area contributed by atoms with Crippen molar-refractivity contribution in [3.05, 3.63) is 40.0 Å². The van der Waals surface area contributed by atoms with Crippen LogP contribution in [0.5, 0.6) is 0 Å². The summed E-state index contributed by atoms with van der Waals surface area (Å²) in [6.45, 7) is 0. The zero-order valence-corrected chi connectivity index (χ0v) is 13.2. The second kappa shape index (κ2) is 6.46. The van der Waals surface area contributed by atoms with Crippen LogP contribution in [0.3, 0.4) is 0 Å². The molecule has 0 aromatic carbocycles. The van der Waals surface area contributed by atoms with E-state index in [1.807, 2.05) is 0 Å². The number of carbonyl (C=O) groups is 1. The molecule has 0 atom stereocenters. The zero-order valence-electron chi connectivity index (χ0n) is 13.2. The second-order valence-corrected chi connectivity index (χ2v) is 5.89. The molecule has 0 N–H and O–H groups in total. The molecule has 1 aliphatic rings. The standard InChI is InChI=1S/C15H12F4N4O3/c16-10-5-6-12(15(17,18)19)20-13(10)14-11(23(25)26)7-22(21-14)8-1-3-9(24)4-2-8/h5-8H,1-4H2. The minimum absolute atomic E-state index is 0.0636. The summed E-state index contributed by atoms with van der Waals surface area (Å²) >= 11 is 0. The maximum absolute atomic E-state index is 14.0. The van der Waals surface area contributed by atoms with E-state index in [-0.39, 0.29) is 24.7 Å². The van der Waals surface area contributed by atoms with E-state index < -0.39 is 39.7 Å². The number of halogens is 4. The van der Waals surface area contributed by atoms with E-state index in [9.17, 15) is 32.5 Å². The molecule has 1 aliphatic carbocycles. The molecular formula is C15H12F4N4O3. The number of nitrogens with zero attached hydrogens (tertiary/aromatic N) is 4. The Morgan fingerprint density at radius 1 is 1.19 bits per heavy atom. The number of alkyl halides is 3. The van der Waals surface area contributed by atoms with Gasteiger partial charge in [0.15, 0.2) is 11.5 Å². The summed E-state index contributed by atoms with van der Waals surface area (Å²) in [6.07, 6.45) is -2.43. The van der Waals surface area contributed by atoms with E-state index >= 15 is 0 Å². The highest BCUT2D eigenvalue weighted by molar-refractivity contribution is 5.79. The minimum atomic E-state index is -4.83. The monoisotopic (exact) mass is 372 g/mol. The van der Waals surface area contributed by atoms with Crippen LogP contribution in [0.2, 0.25) is 0 Å². The molecule has 11 heteroatoms. The minimum Gasteiger partial charge on any atom is -0.300 e. The molecule has 0 aliphatic heterocycles. The quantitative estimate of drug-likeness (QED) is 0.465. The summed E-state index contributed by atoms with van der Waals surface area (Å²) in [6, 6.07) is 0.677. The van der Waals surface area contributed by atoms with Crippen molar-refractivity contribution in [2.75, 3.05) is 0 Å². The Kier molecular flexibility index (Phi) is 4.46. The fourth-order valence-electron chi connectivity index (χ4n) is 2.83. The van der Waals surface area contributed by atoms with Crippen LogP contribution in [0, 0.1) is 15.9 Å². The van der Waals surface area contributed by atoms with Crippen LogP contribution in [0.15, 0.2) is 18.3 Å². The van der Waals surface area contributed by atoms with Crippen molar-refractivity contribution >= 4 is 11.5 Å². The number of nitro groups is 1. The Balaban J connectivity index is 2.07. The van der Waals surface area contributed by atoms with Crippen molar-refractivity contribution in [2.45, 2.75) is 37.9 Å². The number of aromatic nitrogens is 3. The number of Topliss-reactive ketones (excluding diaryl/α,β-unsaturated/α-hetero) is 1. The summed E-state index contributed by atoms with van der Waals surface area (Å²) < 4.78 is 53.7. The average Bonchev–Trinajstić information content (AvgIpc) is 3.00. The van der Waals surface area contributed by atoms with Crippen molar-refractivity contribution in [1.29, 1.82) is 0 Å². The first-order valence-corrected chi connectivity index (χ1v) is 7.66. The van der Waals surface area contributed by atoms with E-state index in [1.165, 1.54) is 4.68 Å². The summed E-state index contributed by atoms with van der Waals surface area (Å²) in [5.41, 5.74) is -3.43. The maximum atomic E-state index is 14.0. The van der Waals surface area contributed by atoms with Gasteiger partial charge in [-0.3, -0.25) is 19.6 Å². The SMILES string of the molecule is O=C1CCC(n2cc([N+](=O)[O-])c(-c3nc(C(F)(F)F)ccc3F)n2)CC1. The Morgan fingerprint density at radius 3 is 2.42 bits per heavy atom. The highest BCUT2D eigenvalue weighted by Gasteiger charge is 2.35. The predicted molar refractivity (Wildman–Crippen MR) is 79.6 cm³/mol. The first-order valence-electron chi connectivity index (χ1n) is 7.66. The third-order valence-corrected chi connectivity index (χ3v) is 4.16. The normalized spacial score (nSPS) is 16.1. The van der Waals surface area contributed by atoms with Gasteiger partial charge in [-0.2, -0.15) is 18.3 Å². The lowest BCUT2D eigenvalue weighted by Crippen LogP contribution is -2.18. The van der Waals surface area contributed by atoms with E-state index in [0.29, 0.717) is 25.0 Å². The molecule has 26 heavy (non-hydrogen) atoms. The maximum Gasteiger partial charge on any atom is 0.433 e. The average molecular weight is 372 g/mol. The van der Waals surface area contributed by atoms with Crippen molar-refractivity contribution in [3.8, 4) is 11.4 Å². The third-order valence-electron chi connectivity index (χ3n) is 4.16. The van der Waals surface area contributed by atoms with Gasteiger partial charge in [-0.1, -0.05) is 0 Å². The van der Waals surface area contributed by atoms with Gasteiger partial charge < -0.3 is 0 Å². The molecule has 7 nitrogen and oxygen atoms in total. The van der Waals surface area contributed by atoms with Gasteiger partial charge in [0.25, 0.3) is 0 Å². The van der Waals surface area contributed by atoms with Crippen LogP contribution in [-0.2, 0) is 11.0 Å². The molecule has 0 saturated heterocycles. The number of hydrogen-bond donors (Lipinski definition) is 0. The Morgan fingerprint density at radius 2 is 1.85 bits per heavy atom. The fraction of sp³-hybridized carbons (Fsp3) is 0.400. The summed E-state index contributed by atoms with van der Waals surface area (Å²) in [4.78, 5) is 24.9. The lowest BCUT2D eigenvalue weighted by Gasteiger charge is -2.20. The molecular weight excluding hydrogens is 360 g/mol. The van der Waals surface area contributed by atoms with Gasteiger partial charge in [0.2, 0.25) is 0 Å². The molecule has 0 spiro atoms.